The van der Waals surface area contributed by atoms with Crippen molar-refractivity contribution >= 4 is 15.9 Å². The summed E-state index contributed by atoms with van der Waals surface area (Å²) in [5.74, 6) is 0.968. The molecule has 0 spiro atoms. The number of nitrogens with zero attached hydrogens (tertiary/aromatic N) is 1. The Hall–Kier alpha value is -1.80. The molecule has 0 unspecified atom stereocenters. The summed E-state index contributed by atoms with van der Waals surface area (Å²) in [6, 6.07) is 4.75. The summed E-state index contributed by atoms with van der Waals surface area (Å²) < 4.78 is 38.0. The van der Waals surface area contributed by atoms with Gasteiger partial charge in [-0.25, -0.2) is 13.1 Å². The van der Waals surface area contributed by atoms with Gasteiger partial charge in [-0.15, -0.1) is 0 Å². The van der Waals surface area contributed by atoms with Gasteiger partial charge in [-0.3, -0.25) is 4.79 Å². The first-order valence-electron chi connectivity index (χ1n) is 9.14. The van der Waals surface area contributed by atoms with Crippen molar-refractivity contribution in [3.05, 3.63) is 18.2 Å². The molecule has 1 aromatic rings. The Morgan fingerprint density at radius 3 is 2.54 bits per heavy atom. The summed E-state index contributed by atoms with van der Waals surface area (Å²) in [6.07, 6.45) is 6.65. The summed E-state index contributed by atoms with van der Waals surface area (Å²) in [4.78, 5) is 14.0. The van der Waals surface area contributed by atoms with Crippen LogP contribution in [-0.4, -0.2) is 45.1 Å². The lowest BCUT2D eigenvalue weighted by molar-refractivity contribution is -0.131. The van der Waals surface area contributed by atoms with E-state index in [1.165, 1.54) is 25.0 Å². The molecule has 1 aliphatic carbocycles. The van der Waals surface area contributed by atoms with Crippen LogP contribution in [0.4, 0.5) is 0 Å². The highest BCUT2D eigenvalue weighted by atomic mass is 32.2. The molecule has 1 aromatic carbocycles. The zero-order valence-electron chi connectivity index (χ0n) is 15.1. The highest BCUT2D eigenvalue weighted by Crippen LogP contribution is 2.33. The maximum atomic E-state index is 12.5. The number of hydrogen-bond acceptors (Lipinski definition) is 5. The number of carbonyl (C=O) groups excluding carboxylic acids is 1. The number of hydrogen-bond donors (Lipinski definition) is 1. The number of benzene rings is 1. The van der Waals surface area contributed by atoms with Crippen molar-refractivity contribution < 1.29 is 22.7 Å². The van der Waals surface area contributed by atoms with Gasteiger partial charge in [-0.1, -0.05) is 25.7 Å². The fourth-order valence-corrected chi connectivity index (χ4v) is 4.63. The summed E-state index contributed by atoms with van der Waals surface area (Å²) in [7, 11) is -3.66. The molecule has 144 valence electrons. The molecule has 0 bridgehead atoms. The molecule has 8 heteroatoms. The van der Waals surface area contributed by atoms with Gasteiger partial charge in [0, 0.05) is 32.1 Å². The summed E-state index contributed by atoms with van der Waals surface area (Å²) in [6.45, 7) is 2.22. The third-order valence-electron chi connectivity index (χ3n) is 4.97. The molecule has 0 atom stereocenters. The standard InChI is InChI=1S/C18H26N2O5S/c1-14(21)20(15-6-4-2-3-5-7-15)11-10-19-26(22,23)16-8-9-17-18(12-16)25-13-24-17/h8-9,12,15,19H,2-7,10-11,13H2,1H3. The van der Waals surface area contributed by atoms with Gasteiger partial charge in [0.15, 0.2) is 11.5 Å². The molecule has 1 fully saturated rings. The molecular weight excluding hydrogens is 356 g/mol. The van der Waals surface area contributed by atoms with E-state index in [2.05, 4.69) is 4.72 Å². The van der Waals surface area contributed by atoms with Crippen molar-refractivity contribution in [2.45, 2.75) is 56.4 Å². The van der Waals surface area contributed by atoms with Gasteiger partial charge in [0.1, 0.15) is 0 Å². The minimum absolute atomic E-state index is 0.000762. The Kier molecular flexibility index (Phi) is 6.03. The molecule has 2 aliphatic rings. The Balaban J connectivity index is 1.60. The summed E-state index contributed by atoms with van der Waals surface area (Å²) >= 11 is 0. The Bertz CT molecular complexity index is 742. The topological polar surface area (TPSA) is 84.9 Å². The zero-order chi connectivity index (χ0) is 18.6. The van der Waals surface area contributed by atoms with Crippen molar-refractivity contribution in [2.24, 2.45) is 0 Å². The van der Waals surface area contributed by atoms with Crippen molar-refractivity contribution in [1.82, 2.24) is 9.62 Å². The number of fused-ring (bicyclic) bond motifs is 1. The van der Waals surface area contributed by atoms with Gasteiger partial charge in [0.25, 0.3) is 0 Å². The van der Waals surface area contributed by atoms with Crippen molar-refractivity contribution in [3.63, 3.8) is 0 Å². The second-order valence-electron chi connectivity index (χ2n) is 6.77. The maximum absolute atomic E-state index is 12.5. The largest absolute Gasteiger partial charge is 0.454 e. The first kappa shape index (κ1) is 19.0. The van der Waals surface area contributed by atoms with E-state index in [1.807, 2.05) is 4.90 Å². The third-order valence-corrected chi connectivity index (χ3v) is 6.43. The molecular formula is C18H26N2O5S. The Labute approximate surface area is 154 Å². The van der Waals surface area contributed by atoms with E-state index in [9.17, 15) is 13.2 Å². The van der Waals surface area contributed by atoms with Crippen molar-refractivity contribution in [1.29, 1.82) is 0 Å². The monoisotopic (exact) mass is 382 g/mol. The zero-order valence-corrected chi connectivity index (χ0v) is 15.9. The van der Waals surface area contributed by atoms with Crippen LogP contribution in [0.2, 0.25) is 0 Å². The van der Waals surface area contributed by atoms with Crippen LogP contribution in [0.25, 0.3) is 0 Å². The van der Waals surface area contributed by atoms with Crippen LogP contribution >= 0.6 is 0 Å². The molecule has 7 nitrogen and oxygen atoms in total. The fourth-order valence-electron chi connectivity index (χ4n) is 3.59. The average Bonchev–Trinajstić information content (AvgIpc) is 2.92. The van der Waals surface area contributed by atoms with E-state index in [0.29, 0.717) is 18.0 Å². The number of sulfonamides is 1. The fraction of sp³-hybridized carbons (Fsp3) is 0.611. The van der Waals surface area contributed by atoms with Crippen LogP contribution in [0.1, 0.15) is 45.4 Å². The highest BCUT2D eigenvalue weighted by Gasteiger charge is 2.24. The van der Waals surface area contributed by atoms with Crippen molar-refractivity contribution in [3.8, 4) is 11.5 Å². The van der Waals surface area contributed by atoms with Crippen LogP contribution in [0.5, 0.6) is 11.5 Å². The number of nitrogens with one attached hydrogen (secondary N) is 1. The first-order chi connectivity index (χ1) is 12.5. The van der Waals surface area contributed by atoms with Gasteiger partial charge in [0.2, 0.25) is 22.7 Å². The number of rotatable bonds is 6. The predicted molar refractivity (Wildman–Crippen MR) is 96.6 cm³/mol. The van der Waals surface area contributed by atoms with E-state index in [0.717, 1.165) is 25.7 Å². The molecule has 0 radical (unpaired) electrons. The van der Waals surface area contributed by atoms with Gasteiger partial charge in [-0.05, 0) is 25.0 Å². The minimum Gasteiger partial charge on any atom is -0.454 e. The van der Waals surface area contributed by atoms with E-state index in [-0.39, 0.29) is 30.2 Å². The van der Waals surface area contributed by atoms with Crippen LogP contribution in [0.3, 0.4) is 0 Å². The highest BCUT2D eigenvalue weighted by molar-refractivity contribution is 7.89. The molecule has 1 saturated carbocycles. The molecule has 1 heterocycles. The lowest BCUT2D eigenvalue weighted by atomic mass is 10.1. The van der Waals surface area contributed by atoms with Crippen molar-refractivity contribution in [2.75, 3.05) is 19.9 Å². The van der Waals surface area contributed by atoms with Gasteiger partial charge in [0.05, 0.1) is 4.90 Å². The van der Waals surface area contributed by atoms with E-state index in [1.54, 1.807) is 13.0 Å². The molecule has 1 amide bonds. The van der Waals surface area contributed by atoms with Crippen LogP contribution in [0.15, 0.2) is 23.1 Å². The van der Waals surface area contributed by atoms with Crippen LogP contribution in [0, 0.1) is 0 Å². The Morgan fingerprint density at radius 2 is 1.85 bits per heavy atom. The first-order valence-corrected chi connectivity index (χ1v) is 10.6. The van der Waals surface area contributed by atoms with Gasteiger partial charge >= 0.3 is 0 Å². The molecule has 1 N–H and O–H groups in total. The molecule has 3 rings (SSSR count). The smallest absolute Gasteiger partial charge is 0.240 e. The molecule has 0 aromatic heterocycles. The second kappa shape index (κ2) is 8.26. The number of ether oxygens (including phenoxy) is 2. The van der Waals surface area contributed by atoms with Crippen LogP contribution < -0.4 is 14.2 Å². The summed E-state index contributed by atoms with van der Waals surface area (Å²) in [5, 5.41) is 0. The predicted octanol–water partition coefficient (Wildman–Crippen LogP) is 2.26. The molecule has 0 saturated heterocycles. The number of amides is 1. The van der Waals surface area contributed by atoms with E-state index >= 15 is 0 Å². The van der Waals surface area contributed by atoms with Crippen LogP contribution in [-0.2, 0) is 14.8 Å². The van der Waals surface area contributed by atoms with E-state index in [4.69, 9.17) is 9.47 Å². The third kappa shape index (κ3) is 4.48. The Morgan fingerprint density at radius 1 is 1.15 bits per heavy atom. The SMILES string of the molecule is CC(=O)N(CCNS(=O)(=O)c1ccc2c(c1)OCO2)C1CCCCCC1. The maximum Gasteiger partial charge on any atom is 0.240 e. The molecule has 1 aliphatic heterocycles. The second-order valence-corrected chi connectivity index (χ2v) is 8.54. The molecule has 26 heavy (non-hydrogen) atoms. The minimum atomic E-state index is -3.66. The lowest BCUT2D eigenvalue weighted by Crippen LogP contribution is -2.43. The van der Waals surface area contributed by atoms with Gasteiger partial charge < -0.3 is 14.4 Å². The number of carbonyl (C=O) groups is 1. The normalized spacial score (nSPS) is 17.7. The van der Waals surface area contributed by atoms with E-state index < -0.39 is 10.0 Å². The lowest BCUT2D eigenvalue weighted by Gasteiger charge is -2.30. The average molecular weight is 382 g/mol. The quantitative estimate of drug-likeness (QED) is 0.763. The summed E-state index contributed by atoms with van der Waals surface area (Å²) in [5.41, 5.74) is 0. The van der Waals surface area contributed by atoms with Gasteiger partial charge in [-0.2, -0.15) is 0 Å².